The van der Waals surface area contributed by atoms with E-state index in [-0.39, 0.29) is 6.16 Å². The first-order valence-corrected chi connectivity index (χ1v) is 9.20. The molecule has 2 aromatic carbocycles. The maximum Gasteiger partial charge on any atom is 0.344 e. The van der Waals surface area contributed by atoms with E-state index < -0.39 is 19.7 Å². The lowest BCUT2D eigenvalue weighted by Crippen LogP contribution is -2.27. The van der Waals surface area contributed by atoms with Crippen LogP contribution in [0, 0.1) is 0 Å². The fourth-order valence-electron chi connectivity index (χ4n) is 2.25. The summed E-state index contributed by atoms with van der Waals surface area (Å²) in [6.45, 7) is 0. The molecule has 6 nitrogen and oxygen atoms in total. The van der Waals surface area contributed by atoms with Gasteiger partial charge in [-0.3, -0.25) is 4.57 Å². The van der Waals surface area contributed by atoms with E-state index in [0.717, 1.165) is 5.56 Å². The molecule has 0 heterocycles. The smallest absolute Gasteiger partial charge is 0.344 e. The Kier molecular flexibility index (Phi) is 6.15. The standard InChI is InChI=1S/C17H19O6P/c18-17(19)16(11-8-13-4-2-1-3-5-13)23-15-9-6-14(7-10-15)12-24(20,21)22/h1-7,9-10,16H,8,11-12H2,(H,18,19)(H2,20,21,22). The summed E-state index contributed by atoms with van der Waals surface area (Å²) >= 11 is 0. The number of benzene rings is 2. The third-order valence-electron chi connectivity index (χ3n) is 3.40. The van der Waals surface area contributed by atoms with Gasteiger partial charge in [0.2, 0.25) is 0 Å². The highest BCUT2D eigenvalue weighted by Gasteiger charge is 2.20. The monoisotopic (exact) mass is 350 g/mol. The second kappa shape index (κ2) is 8.11. The van der Waals surface area contributed by atoms with Crippen molar-refractivity contribution in [3.8, 4) is 5.75 Å². The Bertz CT molecular complexity index is 708. The topological polar surface area (TPSA) is 104 Å². The second-order valence-corrected chi connectivity index (χ2v) is 7.08. The molecule has 7 heteroatoms. The summed E-state index contributed by atoms with van der Waals surface area (Å²) in [6, 6.07) is 15.6. The highest BCUT2D eigenvalue weighted by atomic mass is 31.2. The molecule has 0 fully saturated rings. The van der Waals surface area contributed by atoms with Gasteiger partial charge in [-0.05, 0) is 36.1 Å². The van der Waals surface area contributed by atoms with Crippen molar-refractivity contribution in [1.82, 2.24) is 0 Å². The van der Waals surface area contributed by atoms with Crippen molar-refractivity contribution in [3.63, 3.8) is 0 Å². The fourth-order valence-corrected chi connectivity index (χ4v) is 2.94. The van der Waals surface area contributed by atoms with Gasteiger partial charge in [0, 0.05) is 0 Å². The molecule has 0 saturated carbocycles. The lowest BCUT2D eigenvalue weighted by Gasteiger charge is -2.15. The Morgan fingerprint density at radius 2 is 1.62 bits per heavy atom. The SMILES string of the molecule is O=C(O)C(CCc1ccccc1)Oc1ccc(CP(=O)(O)O)cc1. The first-order valence-electron chi connectivity index (χ1n) is 7.40. The normalized spacial score (nSPS) is 12.6. The van der Waals surface area contributed by atoms with Crippen molar-refractivity contribution >= 4 is 13.6 Å². The van der Waals surface area contributed by atoms with Crippen LogP contribution < -0.4 is 4.74 Å². The van der Waals surface area contributed by atoms with Gasteiger partial charge >= 0.3 is 13.6 Å². The molecule has 128 valence electrons. The molecule has 3 N–H and O–H groups in total. The highest BCUT2D eigenvalue weighted by molar-refractivity contribution is 7.50. The Labute approximate surface area is 139 Å². The van der Waals surface area contributed by atoms with E-state index in [9.17, 15) is 14.5 Å². The molecule has 2 rings (SSSR count). The van der Waals surface area contributed by atoms with Gasteiger partial charge < -0.3 is 19.6 Å². The third kappa shape index (κ3) is 6.16. The molecule has 2 aromatic rings. The van der Waals surface area contributed by atoms with E-state index in [1.54, 1.807) is 0 Å². The van der Waals surface area contributed by atoms with E-state index in [1.807, 2.05) is 30.3 Å². The van der Waals surface area contributed by atoms with Crippen LogP contribution in [0.4, 0.5) is 0 Å². The quantitative estimate of drug-likeness (QED) is 0.633. The maximum absolute atomic E-state index is 11.4. The average molecular weight is 350 g/mol. The van der Waals surface area contributed by atoms with Crippen LogP contribution in [0.25, 0.3) is 0 Å². The van der Waals surface area contributed by atoms with Gasteiger partial charge in [0.05, 0.1) is 6.16 Å². The lowest BCUT2D eigenvalue weighted by molar-refractivity contribution is -0.145. The van der Waals surface area contributed by atoms with Gasteiger partial charge in [-0.2, -0.15) is 0 Å². The Morgan fingerprint density at radius 1 is 1.00 bits per heavy atom. The molecule has 24 heavy (non-hydrogen) atoms. The Hall–Kier alpha value is -2.14. The van der Waals surface area contributed by atoms with Crippen molar-refractivity contribution in [1.29, 1.82) is 0 Å². The molecule has 0 radical (unpaired) electrons. The van der Waals surface area contributed by atoms with Crippen LogP contribution in [0.1, 0.15) is 17.5 Å². The van der Waals surface area contributed by atoms with Gasteiger partial charge in [0.25, 0.3) is 0 Å². The zero-order chi connectivity index (χ0) is 17.6. The molecule has 1 unspecified atom stereocenters. The van der Waals surface area contributed by atoms with Crippen LogP contribution in [0.5, 0.6) is 5.75 Å². The van der Waals surface area contributed by atoms with E-state index in [1.165, 1.54) is 24.3 Å². The number of rotatable bonds is 8. The van der Waals surface area contributed by atoms with E-state index >= 15 is 0 Å². The predicted molar refractivity (Wildman–Crippen MR) is 89.0 cm³/mol. The number of aliphatic carboxylic acids is 1. The van der Waals surface area contributed by atoms with Crippen molar-refractivity contribution in [2.24, 2.45) is 0 Å². The number of hydrogen-bond donors (Lipinski definition) is 3. The van der Waals surface area contributed by atoms with Gasteiger partial charge in [-0.15, -0.1) is 0 Å². The molecule has 0 amide bonds. The van der Waals surface area contributed by atoms with E-state index in [0.29, 0.717) is 24.2 Å². The van der Waals surface area contributed by atoms with Crippen molar-refractivity contribution in [3.05, 3.63) is 65.7 Å². The molecular weight excluding hydrogens is 331 g/mol. The predicted octanol–water partition coefficient (Wildman–Crippen LogP) is 2.83. The Balaban J connectivity index is 1.97. The first kappa shape index (κ1) is 18.2. The maximum atomic E-state index is 11.4. The highest BCUT2D eigenvalue weighted by Crippen LogP contribution is 2.39. The molecular formula is C17H19O6P. The number of carboxylic acids is 1. The van der Waals surface area contributed by atoms with Crippen molar-refractivity contribution in [2.75, 3.05) is 0 Å². The van der Waals surface area contributed by atoms with Crippen molar-refractivity contribution in [2.45, 2.75) is 25.1 Å². The van der Waals surface area contributed by atoms with Crippen LogP contribution >= 0.6 is 7.60 Å². The number of carboxylic acid groups (broad SMARTS) is 1. The summed E-state index contributed by atoms with van der Waals surface area (Å²) in [5.74, 6) is -0.699. The summed E-state index contributed by atoms with van der Waals surface area (Å²) < 4.78 is 16.4. The van der Waals surface area contributed by atoms with Crippen LogP contribution in [-0.4, -0.2) is 27.0 Å². The molecule has 1 atom stereocenters. The van der Waals surface area contributed by atoms with E-state index in [2.05, 4.69) is 0 Å². The second-order valence-electron chi connectivity index (χ2n) is 5.44. The number of ether oxygens (including phenoxy) is 1. The minimum absolute atomic E-state index is 0.323. The summed E-state index contributed by atoms with van der Waals surface area (Å²) in [4.78, 5) is 29.2. The number of carbonyl (C=O) groups is 1. The molecule has 0 saturated heterocycles. The van der Waals surface area contributed by atoms with Gasteiger partial charge in [-0.25, -0.2) is 4.79 Å². The number of aryl methyl sites for hydroxylation is 1. The van der Waals surface area contributed by atoms with Crippen LogP contribution in [0.2, 0.25) is 0 Å². The summed E-state index contributed by atoms with van der Waals surface area (Å²) in [7, 11) is -4.13. The average Bonchev–Trinajstić information content (AvgIpc) is 2.52. The molecule has 0 aliphatic heterocycles. The van der Waals surface area contributed by atoms with Crippen LogP contribution in [0.15, 0.2) is 54.6 Å². The Morgan fingerprint density at radius 3 is 2.17 bits per heavy atom. The van der Waals surface area contributed by atoms with Crippen LogP contribution in [0.3, 0.4) is 0 Å². The molecule has 0 spiro atoms. The lowest BCUT2D eigenvalue weighted by atomic mass is 10.1. The van der Waals surface area contributed by atoms with Gasteiger partial charge in [-0.1, -0.05) is 42.5 Å². The van der Waals surface area contributed by atoms with E-state index in [4.69, 9.17) is 14.5 Å². The molecule has 0 aromatic heterocycles. The largest absolute Gasteiger partial charge is 0.479 e. The molecule has 0 aliphatic rings. The fraction of sp³-hybridized carbons (Fsp3) is 0.235. The molecule has 0 bridgehead atoms. The first-order chi connectivity index (χ1) is 11.3. The van der Waals surface area contributed by atoms with Crippen molar-refractivity contribution < 1.29 is 29.0 Å². The minimum Gasteiger partial charge on any atom is -0.479 e. The summed E-state index contributed by atoms with van der Waals surface area (Å²) in [5.41, 5.74) is 1.50. The van der Waals surface area contributed by atoms with Gasteiger partial charge in [0.15, 0.2) is 6.10 Å². The van der Waals surface area contributed by atoms with Gasteiger partial charge in [0.1, 0.15) is 5.75 Å². The third-order valence-corrected chi connectivity index (χ3v) is 4.18. The van der Waals surface area contributed by atoms with Crippen LogP contribution in [-0.2, 0) is 21.9 Å². The summed E-state index contributed by atoms with van der Waals surface area (Å²) in [6.07, 6.45) is -0.445. The molecule has 0 aliphatic carbocycles. The zero-order valence-electron chi connectivity index (χ0n) is 12.9. The summed E-state index contributed by atoms with van der Waals surface area (Å²) in [5, 5.41) is 9.29. The zero-order valence-corrected chi connectivity index (χ0v) is 13.8. The minimum atomic E-state index is -4.13. The number of hydrogen-bond acceptors (Lipinski definition) is 3.